The smallest absolute Gasteiger partial charge is 0.334 e. The van der Waals surface area contributed by atoms with Gasteiger partial charge in [0.2, 0.25) is 5.91 Å². The quantitative estimate of drug-likeness (QED) is 0.286. The monoisotopic (exact) mass is 541 g/mol. The van der Waals surface area contributed by atoms with Crippen molar-refractivity contribution in [2.24, 2.45) is 5.92 Å². The number of thiophene rings is 1. The average Bonchev–Trinajstić information content (AvgIpc) is 3.49. The van der Waals surface area contributed by atoms with Crippen LogP contribution in [0.4, 0.5) is 13.2 Å². The molecule has 0 bridgehead atoms. The van der Waals surface area contributed by atoms with Crippen LogP contribution in [0, 0.1) is 17.2 Å². The zero-order valence-corrected chi connectivity index (χ0v) is 22.4. The second-order valence-corrected chi connectivity index (χ2v) is 10.7. The number of nitrogens with one attached hydrogen (secondary N) is 1. The number of amides is 1. The maximum atomic E-state index is 13.9. The zero-order chi connectivity index (χ0) is 27.4. The van der Waals surface area contributed by atoms with Crippen LogP contribution in [0.15, 0.2) is 42.6 Å². The third kappa shape index (κ3) is 5.84. The minimum atomic E-state index is -4.62. The van der Waals surface area contributed by atoms with Crippen molar-refractivity contribution in [2.45, 2.75) is 46.5 Å². The Hall–Kier alpha value is -3.42. The van der Waals surface area contributed by atoms with E-state index in [2.05, 4.69) is 30.3 Å². The van der Waals surface area contributed by atoms with E-state index in [0.717, 1.165) is 17.0 Å². The number of halogens is 3. The molecule has 0 fully saturated rings. The van der Waals surface area contributed by atoms with Gasteiger partial charge >= 0.3 is 6.18 Å². The predicted octanol–water partition coefficient (Wildman–Crippen LogP) is 5.88. The third-order valence-electron chi connectivity index (χ3n) is 6.39. The predicted molar refractivity (Wildman–Crippen MR) is 142 cm³/mol. The van der Waals surface area contributed by atoms with Crippen LogP contribution >= 0.6 is 11.3 Å². The maximum absolute atomic E-state index is 13.9. The van der Waals surface area contributed by atoms with E-state index in [-0.39, 0.29) is 11.5 Å². The molecule has 0 saturated carbocycles. The number of aromatic nitrogens is 2. The van der Waals surface area contributed by atoms with Crippen LogP contribution in [-0.2, 0) is 30.5 Å². The van der Waals surface area contributed by atoms with Crippen molar-refractivity contribution in [3.05, 3.63) is 63.6 Å². The van der Waals surface area contributed by atoms with Crippen molar-refractivity contribution in [2.75, 3.05) is 19.6 Å². The lowest BCUT2D eigenvalue weighted by Crippen LogP contribution is -2.34. The lowest BCUT2D eigenvalue weighted by molar-refractivity contribution is -0.141. The summed E-state index contributed by atoms with van der Waals surface area (Å²) in [7, 11) is 0. The number of hydrogen-bond donors (Lipinski definition) is 1. The fraction of sp³-hybridized carbons (Fsp3) is 0.393. The molecule has 0 atom stereocenters. The highest BCUT2D eigenvalue weighted by molar-refractivity contribution is 7.13. The van der Waals surface area contributed by atoms with Crippen LogP contribution in [0.25, 0.3) is 22.3 Å². The summed E-state index contributed by atoms with van der Waals surface area (Å²) in [5.74, 6) is 0.424. The number of carbonyl (C=O) groups is 1. The van der Waals surface area contributed by atoms with Gasteiger partial charge in [-0.3, -0.25) is 9.48 Å². The Bertz CT molecular complexity index is 1380. The Morgan fingerprint density at radius 3 is 2.66 bits per heavy atom. The zero-order valence-electron chi connectivity index (χ0n) is 21.6. The molecule has 2 aromatic heterocycles. The van der Waals surface area contributed by atoms with Gasteiger partial charge in [-0.1, -0.05) is 44.2 Å². The van der Waals surface area contributed by atoms with E-state index in [1.54, 1.807) is 42.2 Å². The molecule has 1 N–H and O–H groups in total. The standard InChI is InChI=1S/C28H30F3N5OS/c1-4-36-16-22(27(34-36)28(29,30)31)19-8-5-6-9-20(19)26-21-11-13-35(17-24(21)38-23(26)14-32)25(37)10-7-12-33-15-18(2)3/h5-10,16,18,33H,4,11-13,15,17H2,1-3H3. The highest BCUT2D eigenvalue weighted by atomic mass is 32.1. The average molecular weight is 542 g/mol. The van der Waals surface area contributed by atoms with E-state index >= 15 is 0 Å². The number of nitrogens with zero attached hydrogens (tertiary/aromatic N) is 4. The number of alkyl halides is 3. The van der Waals surface area contributed by atoms with E-state index in [9.17, 15) is 23.2 Å². The number of aryl methyl sites for hydroxylation is 1. The summed E-state index contributed by atoms with van der Waals surface area (Å²) in [6.45, 7) is 8.56. The van der Waals surface area contributed by atoms with E-state index in [4.69, 9.17) is 0 Å². The van der Waals surface area contributed by atoms with Crippen LogP contribution in [0.3, 0.4) is 0 Å². The Morgan fingerprint density at radius 2 is 2.00 bits per heavy atom. The Morgan fingerprint density at radius 1 is 1.26 bits per heavy atom. The lowest BCUT2D eigenvalue weighted by Gasteiger charge is -2.26. The maximum Gasteiger partial charge on any atom is 0.435 e. The van der Waals surface area contributed by atoms with E-state index in [1.165, 1.54) is 22.2 Å². The summed E-state index contributed by atoms with van der Waals surface area (Å²) in [5, 5.41) is 17.0. The Labute approximate surface area is 224 Å². The molecule has 6 nitrogen and oxygen atoms in total. The molecule has 0 spiro atoms. The summed E-state index contributed by atoms with van der Waals surface area (Å²) in [6.07, 6.45) is 0.689. The molecule has 200 valence electrons. The van der Waals surface area contributed by atoms with Crippen LogP contribution < -0.4 is 5.32 Å². The van der Waals surface area contributed by atoms with Crippen LogP contribution in [0.1, 0.15) is 41.8 Å². The van der Waals surface area contributed by atoms with Crippen molar-refractivity contribution in [1.29, 1.82) is 5.26 Å². The summed E-state index contributed by atoms with van der Waals surface area (Å²) in [4.78, 5) is 15.8. The van der Waals surface area contributed by atoms with Gasteiger partial charge in [0, 0.05) is 47.9 Å². The molecule has 3 aromatic rings. The fourth-order valence-corrected chi connectivity index (χ4v) is 5.78. The molecule has 0 unspecified atom stereocenters. The summed E-state index contributed by atoms with van der Waals surface area (Å²) >= 11 is 1.30. The van der Waals surface area contributed by atoms with Gasteiger partial charge < -0.3 is 10.2 Å². The van der Waals surface area contributed by atoms with Gasteiger partial charge in [0.15, 0.2) is 5.69 Å². The van der Waals surface area contributed by atoms with Crippen molar-refractivity contribution in [1.82, 2.24) is 20.0 Å². The van der Waals surface area contributed by atoms with E-state index in [0.29, 0.717) is 60.1 Å². The third-order valence-corrected chi connectivity index (χ3v) is 7.51. The second kappa shape index (κ2) is 11.5. The molecule has 0 aliphatic carbocycles. The molecule has 1 aromatic carbocycles. The van der Waals surface area contributed by atoms with Crippen molar-refractivity contribution in [3.63, 3.8) is 0 Å². The van der Waals surface area contributed by atoms with Gasteiger partial charge in [0.05, 0.1) is 6.54 Å². The Balaban J connectivity index is 1.67. The molecule has 38 heavy (non-hydrogen) atoms. The molecule has 3 heterocycles. The summed E-state index contributed by atoms with van der Waals surface area (Å²) < 4.78 is 42.9. The molecule has 0 radical (unpaired) electrons. The fourth-order valence-electron chi connectivity index (χ4n) is 4.60. The van der Waals surface area contributed by atoms with Crippen molar-refractivity contribution in [3.8, 4) is 28.3 Å². The first-order valence-corrected chi connectivity index (χ1v) is 13.4. The normalized spacial score (nSPS) is 13.8. The molecular formula is C28H30F3N5OS. The van der Waals surface area contributed by atoms with Gasteiger partial charge in [-0.05, 0) is 42.5 Å². The van der Waals surface area contributed by atoms with Gasteiger partial charge in [0.1, 0.15) is 10.9 Å². The number of carbonyl (C=O) groups excluding carboxylic acids is 1. The first kappa shape index (κ1) is 27.6. The minimum absolute atomic E-state index is 0.0115. The van der Waals surface area contributed by atoms with Crippen molar-refractivity contribution >= 4 is 17.2 Å². The Kier molecular flexibility index (Phi) is 8.38. The topological polar surface area (TPSA) is 74.0 Å². The molecular weight excluding hydrogens is 511 g/mol. The van der Waals surface area contributed by atoms with Gasteiger partial charge in [-0.25, -0.2) is 0 Å². The molecule has 1 amide bonds. The largest absolute Gasteiger partial charge is 0.435 e. The number of benzene rings is 1. The number of rotatable bonds is 8. The highest BCUT2D eigenvalue weighted by Crippen LogP contribution is 2.45. The van der Waals surface area contributed by atoms with Gasteiger partial charge in [-0.2, -0.15) is 23.5 Å². The highest BCUT2D eigenvalue weighted by Gasteiger charge is 2.38. The molecule has 0 saturated heterocycles. The summed E-state index contributed by atoms with van der Waals surface area (Å²) in [5.41, 5.74) is 1.57. The van der Waals surface area contributed by atoms with Crippen LogP contribution in [-0.4, -0.2) is 40.2 Å². The number of hydrogen-bond acceptors (Lipinski definition) is 5. The lowest BCUT2D eigenvalue weighted by atomic mass is 9.90. The molecule has 1 aliphatic rings. The molecule has 1 aliphatic heterocycles. The summed E-state index contributed by atoms with van der Waals surface area (Å²) in [6, 6.07) is 9.09. The number of fused-ring (bicyclic) bond motifs is 1. The first-order valence-electron chi connectivity index (χ1n) is 12.6. The van der Waals surface area contributed by atoms with E-state index < -0.39 is 11.9 Å². The van der Waals surface area contributed by atoms with Crippen molar-refractivity contribution < 1.29 is 18.0 Å². The van der Waals surface area contributed by atoms with Crippen LogP contribution in [0.5, 0.6) is 0 Å². The number of nitriles is 1. The van der Waals surface area contributed by atoms with Gasteiger partial charge in [-0.15, -0.1) is 11.3 Å². The SMILES string of the molecule is CCn1cc(-c2ccccc2-c2c(C#N)sc3c2CCN(C(=O)C=CCNCC(C)C)C3)c(C(F)(F)F)n1. The first-order chi connectivity index (χ1) is 18.1. The molecule has 4 rings (SSSR count). The van der Waals surface area contributed by atoms with E-state index in [1.807, 2.05) is 6.08 Å². The second-order valence-electron chi connectivity index (χ2n) is 9.57. The minimum Gasteiger partial charge on any atom is -0.334 e. The van der Waals surface area contributed by atoms with Gasteiger partial charge in [0.25, 0.3) is 0 Å². The van der Waals surface area contributed by atoms with Crippen LogP contribution in [0.2, 0.25) is 0 Å². The molecule has 10 heteroatoms.